The van der Waals surface area contributed by atoms with Crippen molar-refractivity contribution in [1.82, 2.24) is 4.98 Å². The van der Waals surface area contributed by atoms with Crippen molar-refractivity contribution in [1.29, 1.82) is 0 Å². The van der Waals surface area contributed by atoms with E-state index in [9.17, 15) is 9.18 Å². The highest BCUT2D eigenvalue weighted by Gasteiger charge is 2.15. The lowest BCUT2D eigenvalue weighted by Crippen LogP contribution is -2.12. The van der Waals surface area contributed by atoms with Crippen molar-refractivity contribution in [3.05, 3.63) is 66.3 Å². The quantitative estimate of drug-likeness (QED) is 0.727. The van der Waals surface area contributed by atoms with Crippen LogP contribution in [0.4, 0.5) is 15.8 Å². The lowest BCUT2D eigenvalue weighted by Gasteiger charge is -2.02. The van der Waals surface area contributed by atoms with Crippen molar-refractivity contribution in [2.75, 3.05) is 11.1 Å². The standard InChI is InChI=1S/C16H12FN3O2/c17-10-4-3-5-11(8-10)19-15(21)14-9-22-16(20-14)12-6-1-2-7-13(12)18/h1-9H,18H2,(H,19,21). The van der Waals surface area contributed by atoms with Crippen molar-refractivity contribution in [2.24, 2.45) is 0 Å². The maximum atomic E-state index is 13.1. The Kier molecular flexibility index (Phi) is 3.57. The number of halogens is 1. The van der Waals surface area contributed by atoms with E-state index < -0.39 is 11.7 Å². The summed E-state index contributed by atoms with van der Waals surface area (Å²) >= 11 is 0. The van der Waals surface area contributed by atoms with Gasteiger partial charge in [0.1, 0.15) is 12.1 Å². The van der Waals surface area contributed by atoms with Crippen molar-refractivity contribution in [2.45, 2.75) is 0 Å². The molecule has 5 nitrogen and oxygen atoms in total. The lowest BCUT2D eigenvalue weighted by atomic mass is 10.2. The summed E-state index contributed by atoms with van der Waals surface area (Å²) in [6.07, 6.45) is 1.23. The maximum absolute atomic E-state index is 13.1. The van der Waals surface area contributed by atoms with Crippen molar-refractivity contribution in [3.63, 3.8) is 0 Å². The van der Waals surface area contributed by atoms with E-state index >= 15 is 0 Å². The van der Waals surface area contributed by atoms with E-state index in [1.165, 1.54) is 24.5 Å². The number of oxazole rings is 1. The van der Waals surface area contributed by atoms with Crippen LogP contribution in [0.25, 0.3) is 11.5 Å². The minimum atomic E-state index is -0.491. The van der Waals surface area contributed by atoms with E-state index in [-0.39, 0.29) is 11.6 Å². The number of nitrogens with two attached hydrogens (primary N) is 1. The van der Waals surface area contributed by atoms with Gasteiger partial charge in [0.2, 0.25) is 5.89 Å². The molecular weight excluding hydrogens is 285 g/mol. The van der Waals surface area contributed by atoms with Gasteiger partial charge in [-0.2, -0.15) is 0 Å². The fourth-order valence-electron chi connectivity index (χ4n) is 1.95. The van der Waals surface area contributed by atoms with Crippen LogP contribution in [0.15, 0.2) is 59.2 Å². The van der Waals surface area contributed by atoms with Crippen molar-refractivity contribution in [3.8, 4) is 11.5 Å². The third-order valence-electron chi connectivity index (χ3n) is 3.01. The summed E-state index contributed by atoms with van der Waals surface area (Å²) in [5.74, 6) is -0.673. The normalized spacial score (nSPS) is 10.4. The second-order valence-electron chi connectivity index (χ2n) is 4.59. The van der Waals surface area contributed by atoms with Crippen molar-refractivity contribution < 1.29 is 13.6 Å². The van der Waals surface area contributed by atoms with Crippen LogP contribution in [0.1, 0.15) is 10.5 Å². The zero-order valence-corrected chi connectivity index (χ0v) is 11.4. The first kappa shape index (κ1) is 13.8. The van der Waals surface area contributed by atoms with E-state index in [1.54, 1.807) is 30.3 Å². The number of nitrogens with one attached hydrogen (secondary N) is 1. The highest BCUT2D eigenvalue weighted by Crippen LogP contribution is 2.24. The summed E-state index contributed by atoms with van der Waals surface area (Å²) in [4.78, 5) is 16.2. The molecular formula is C16H12FN3O2. The topological polar surface area (TPSA) is 81.1 Å². The summed E-state index contributed by atoms with van der Waals surface area (Å²) in [6.45, 7) is 0. The van der Waals surface area contributed by atoms with Crippen LogP contribution in [-0.2, 0) is 0 Å². The molecule has 0 saturated carbocycles. The molecule has 1 aromatic heterocycles. The molecule has 0 saturated heterocycles. The third-order valence-corrected chi connectivity index (χ3v) is 3.01. The molecule has 110 valence electrons. The minimum Gasteiger partial charge on any atom is -0.444 e. The summed E-state index contributed by atoms with van der Waals surface area (Å²) in [5, 5.41) is 2.55. The van der Waals surface area contributed by atoms with Crippen LogP contribution in [0.5, 0.6) is 0 Å². The zero-order chi connectivity index (χ0) is 15.5. The summed E-state index contributed by atoms with van der Waals surface area (Å²) in [5.41, 5.74) is 7.37. The van der Waals surface area contributed by atoms with Crippen LogP contribution < -0.4 is 11.1 Å². The highest BCUT2D eigenvalue weighted by molar-refractivity contribution is 6.02. The number of carbonyl (C=O) groups excluding carboxylic acids is 1. The Labute approximate surface area is 125 Å². The average Bonchev–Trinajstić information content (AvgIpc) is 2.97. The molecule has 0 unspecified atom stereocenters. The molecule has 0 fully saturated rings. The first-order valence-electron chi connectivity index (χ1n) is 6.51. The molecule has 0 aliphatic rings. The largest absolute Gasteiger partial charge is 0.444 e. The summed E-state index contributed by atoms with van der Waals surface area (Å²) in [7, 11) is 0. The Morgan fingerprint density at radius 1 is 1.18 bits per heavy atom. The fourth-order valence-corrected chi connectivity index (χ4v) is 1.95. The van der Waals surface area contributed by atoms with Gasteiger partial charge in [-0.1, -0.05) is 18.2 Å². The van der Waals surface area contributed by atoms with Gasteiger partial charge in [0.25, 0.3) is 5.91 Å². The zero-order valence-electron chi connectivity index (χ0n) is 11.4. The van der Waals surface area contributed by atoms with Gasteiger partial charge in [-0.3, -0.25) is 4.79 Å². The van der Waals surface area contributed by atoms with E-state index in [4.69, 9.17) is 10.2 Å². The molecule has 0 radical (unpaired) electrons. The predicted octanol–water partition coefficient (Wildman–Crippen LogP) is 3.32. The number of rotatable bonds is 3. The van der Waals surface area contributed by atoms with Gasteiger partial charge >= 0.3 is 0 Å². The number of hydrogen-bond acceptors (Lipinski definition) is 4. The number of nitrogens with zero attached hydrogens (tertiary/aromatic N) is 1. The summed E-state index contributed by atoms with van der Waals surface area (Å²) in [6, 6.07) is 12.6. The molecule has 1 amide bonds. The molecule has 3 rings (SSSR count). The second-order valence-corrected chi connectivity index (χ2v) is 4.59. The van der Waals surface area contributed by atoms with Gasteiger partial charge in [0, 0.05) is 11.4 Å². The van der Waals surface area contributed by atoms with E-state index in [0.717, 1.165) is 0 Å². The smallest absolute Gasteiger partial charge is 0.277 e. The highest BCUT2D eigenvalue weighted by atomic mass is 19.1. The average molecular weight is 297 g/mol. The second kappa shape index (κ2) is 5.69. The Morgan fingerprint density at radius 3 is 2.77 bits per heavy atom. The first-order chi connectivity index (χ1) is 10.6. The van der Waals surface area contributed by atoms with Gasteiger partial charge in [0.05, 0.1) is 5.56 Å². The third kappa shape index (κ3) is 2.80. The van der Waals surface area contributed by atoms with Gasteiger partial charge in [-0.05, 0) is 30.3 Å². The molecule has 0 spiro atoms. The Bertz CT molecular complexity index is 830. The number of hydrogen-bond donors (Lipinski definition) is 2. The lowest BCUT2D eigenvalue weighted by molar-refractivity contribution is 0.102. The summed E-state index contributed by atoms with van der Waals surface area (Å²) < 4.78 is 18.4. The maximum Gasteiger partial charge on any atom is 0.277 e. The van der Waals surface area contributed by atoms with Gasteiger partial charge in [0.15, 0.2) is 5.69 Å². The van der Waals surface area contributed by atoms with Crippen LogP contribution in [0.3, 0.4) is 0 Å². The van der Waals surface area contributed by atoms with Gasteiger partial charge in [-0.25, -0.2) is 9.37 Å². The SMILES string of the molecule is Nc1ccccc1-c1nc(C(=O)Nc2cccc(F)c2)co1. The van der Waals surface area contributed by atoms with E-state index in [0.29, 0.717) is 16.9 Å². The Morgan fingerprint density at radius 2 is 2.00 bits per heavy atom. The number of anilines is 2. The number of benzene rings is 2. The molecule has 0 atom stereocenters. The molecule has 6 heteroatoms. The van der Waals surface area contributed by atoms with E-state index in [1.807, 2.05) is 0 Å². The van der Waals surface area contributed by atoms with Crippen LogP contribution in [-0.4, -0.2) is 10.9 Å². The number of carbonyl (C=O) groups is 1. The molecule has 2 aromatic carbocycles. The molecule has 1 heterocycles. The molecule has 3 aromatic rings. The monoisotopic (exact) mass is 297 g/mol. The van der Waals surface area contributed by atoms with E-state index in [2.05, 4.69) is 10.3 Å². The Hall–Kier alpha value is -3.15. The minimum absolute atomic E-state index is 0.0857. The van der Waals surface area contributed by atoms with Gasteiger partial charge < -0.3 is 15.5 Å². The Balaban J connectivity index is 1.82. The fraction of sp³-hybridized carbons (Fsp3) is 0. The molecule has 0 aliphatic carbocycles. The van der Waals surface area contributed by atoms with Crippen molar-refractivity contribution >= 4 is 17.3 Å². The molecule has 0 bridgehead atoms. The first-order valence-corrected chi connectivity index (χ1v) is 6.51. The molecule has 0 aliphatic heterocycles. The van der Waals surface area contributed by atoms with Gasteiger partial charge in [-0.15, -0.1) is 0 Å². The van der Waals surface area contributed by atoms with Crippen LogP contribution >= 0.6 is 0 Å². The molecule has 3 N–H and O–H groups in total. The number of para-hydroxylation sites is 1. The van der Waals surface area contributed by atoms with Crippen LogP contribution in [0, 0.1) is 5.82 Å². The number of aromatic nitrogens is 1. The molecule has 22 heavy (non-hydrogen) atoms. The number of nitrogen functional groups attached to an aromatic ring is 1. The number of amides is 1. The van der Waals surface area contributed by atoms with Crippen LogP contribution in [0.2, 0.25) is 0 Å². The predicted molar refractivity (Wildman–Crippen MR) is 80.7 cm³/mol.